The lowest BCUT2D eigenvalue weighted by molar-refractivity contribution is -0.130. The fraction of sp³-hybridized carbons (Fsp3) is 0.412. The van der Waals surface area contributed by atoms with E-state index in [2.05, 4.69) is 11.9 Å². The highest BCUT2D eigenvalue weighted by molar-refractivity contribution is 5.94. The second-order valence-electron chi connectivity index (χ2n) is 5.35. The van der Waals surface area contributed by atoms with E-state index >= 15 is 0 Å². The molecular weight excluding hydrogens is 302 g/mol. The van der Waals surface area contributed by atoms with Crippen molar-refractivity contribution in [2.45, 2.75) is 26.7 Å². The fourth-order valence-corrected chi connectivity index (χ4v) is 2.07. The van der Waals surface area contributed by atoms with Crippen molar-refractivity contribution in [2.24, 2.45) is 0 Å². The Bertz CT molecular complexity index is 588. The Morgan fingerprint density at radius 3 is 2.57 bits per heavy atom. The maximum absolute atomic E-state index is 13.4. The molecule has 1 N–H and O–H groups in total. The zero-order valence-corrected chi connectivity index (χ0v) is 13.5. The molecule has 0 saturated carbocycles. The number of halogens is 2. The van der Waals surface area contributed by atoms with Crippen LogP contribution in [0, 0.1) is 11.6 Å². The fourth-order valence-electron chi connectivity index (χ4n) is 2.07. The zero-order chi connectivity index (χ0) is 17.4. The van der Waals surface area contributed by atoms with Gasteiger partial charge in [-0.1, -0.05) is 12.2 Å². The molecule has 0 heterocycles. The lowest BCUT2D eigenvalue weighted by Gasteiger charge is -2.21. The summed E-state index contributed by atoms with van der Waals surface area (Å²) in [6.07, 6.45) is 0.730. The summed E-state index contributed by atoms with van der Waals surface area (Å²) >= 11 is 0. The SMILES string of the molecule is C=C(C)CN(CC)C(=O)CCCNC(=O)c1ccc(F)cc1F. The average Bonchev–Trinajstić information content (AvgIpc) is 2.48. The second kappa shape index (κ2) is 9.02. The highest BCUT2D eigenvalue weighted by Crippen LogP contribution is 2.09. The van der Waals surface area contributed by atoms with Gasteiger partial charge in [-0.05, 0) is 32.4 Å². The number of benzene rings is 1. The van der Waals surface area contributed by atoms with Gasteiger partial charge in [0, 0.05) is 32.1 Å². The molecule has 6 heteroatoms. The first kappa shape index (κ1) is 18.8. The van der Waals surface area contributed by atoms with Crippen LogP contribution in [0.1, 0.15) is 37.0 Å². The third-order valence-electron chi connectivity index (χ3n) is 3.22. The standard InChI is InChI=1S/C17H22F2N2O2/c1-4-21(11-12(2)3)16(22)6-5-9-20-17(23)14-8-7-13(18)10-15(14)19/h7-8,10H,2,4-6,9,11H2,1,3H3,(H,20,23). The Morgan fingerprint density at radius 1 is 1.30 bits per heavy atom. The third kappa shape index (κ3) is 6.18. The average molecular weight is 324 g/mol. The van der Waals surface area contributed by atoms with Gasteiger partial charge in [0.15, 0.2) is 0 Å². The van der Waals surface area contributed by atoms with Crippen molar-refractivity contribution in [3.05, 3.63) is 47.5 Å². The molecule has 0 aliphatic carbocycles. The molecule has 4 nitrogen and oxygen atoms in total. The highest BCUT2D eigenvalue weighted by Gasteiger charge is 2.13. The van der Waals surface area contributed by atoms with Crippen LogP contribution in [0.5, 0.6) is 0 Å². The summed E-state index contributed by atoms with van der Waals surface area (Å²) in [5, 5.41) is 2.52. The minimum absolute atomic E-state index is 0.0160. The Hall–Kier alpha value is -2.24. The summed E-state index contributed by atoms with van der Waals surface area (Å²) in [4.78, 5) is 25.4. The first-order chi connectivity index (χ1) is 10.8. The number of rotatable bonds is 8. The van der Waals surface area contributed by atoms with E-state index in [1.807, 2.05) is 13.8 Å². The van der Waals surface area contributed by atoms with E-state index in [4.69, 9.17) is 0 Å². The molecule has 0 radical (unpaired) electrons. The number of nitrogens with zero attached hydrogens (tertiary/aromatic N) is 1. The number of likely N-dealkylation sites (N-methyl/N-ethyl adjacent to an activating group) is 1. The molecule has 126 valence electrons. The molecule has 0 unspecified atom stereocenters. The van der Waals surface area contributed by atoms with Crippen molar-refractivity contribution < 1.29 is 18.4 Å². The van der Waals surface area contributed by atoms with Gasteiger partial charge in [0.05, 0.1) is 5.56 Å². The van der Waals surface area contributed by atoms with Crippen LogP contribution in [-0.4, -0.2) is 36.3 Å². The maximum Gasteiger partial charge on any atom is 0.254 e. The van der Waals surface area contributed by atoms with Gasteiger partial charge in [0.2, 0.25) is 5.91 Å². The molecule has 0 fully saturated rings. The molecule has 0 aliphatic rings. The van der Waals surface area contributed by atoms with E-state index in [0.29, 0.717) is 25.6 Å². The van der Waals surface area contributed by atoms with Crippen LogP contribution in [0.3, 0.4) is 0 Å². The van der Waals surface area contributed by atoms with Crippen LogP contribution in [0.25, 0.3) is 0 Å². The van der Waals surface area contributed by atoms with Gasteiger partial charge in [0.1, 0.15) is 11.6 Å². The number of hydrogen-bond acceptors (Lipinski definition) is 2. The van der Waals surface area contributed by atoms with Crippen LogP contribution in [0.4, 0.5) is 8.78 Å². The van der Waals surface area contributed by atoms with Gasteiger partial charge in [-0.2, -0.15) is 0 Å². The Kier molecular flexibility index (Phi) is 7.38. The normalized spacial score (nSPS) is 10.3. The smallest absolute Gasteiger partial charge is 0.254 e. The Balaban J connectivity index is 2.40. The van der Waals surface area contributed by atoms with Crippen molar-refractivity contribution in [3.8, 4) is 0 Å². The van der Waals surface area contributed by atoms with Crippen LogP contribution >= 0.6 is 0 Å². The van der Waals surface area contributed by atoms with E-state index in [-0.39, 0.29) is 24.4 Å². The van der Waals surface area contributed by atoms with Gasteiger partial charge < -0.3 is 10.2 Å². The van der Waals surface area contributed by atoms with Crippen molar-refractivity contribution in [3.63, 3.8) is 0 Å². The molecule has 0 saturated heterocycles. The summed E-state index contributed by atoms with van der Waals surface area (Å²) in [5.74, 6) is -2.28. The lowest BCUT2D eigenvalue weighted by atomic mass is 10.2. The monoisotopic (exact) mass is 324 g/mol. The van der Waals surface area contributed by atoms with Crippen LogP contribution in [-0.2, 0) is 4.79 Å². The zero-order valence-electron chi connectivity index (χ0n) is 13.5. The second-order valence-corrected chi connectivity index (χ2v) is 5.35. The van der Waals surface area contributed by atoms with Gasteiger partial charge in [-0.25, -0.2) is 8.78 Å². The lowest BCUT2D eigenvalue weighted by Crippen LogP contribution is -2.33. The molecular formula is C17H22F2N2O2. The summed E-state index contributed by atoms with van der Waals surface area (Å²) in [7, 11) is 0. The van der Waals surface area contributed by atoms with Crippen molar-refractivity contribution in [2.75, 3.05) is 19.6 Å². The number of carbonyl (C=O) groups is 2. The topological polar surface area (TPSA) is 49.4 Å². The summed E-state index contributed by atoms with van der Waals surface area (Å²) < 4.78 is 26.2. The van der Waals surface area contributed by atoms with E-state index in [0.717, 1.165) is 17.7 Å². The predicted molar refractivity (Wildman–Crippen MR) is 85.0 cm³/mol. The largest absolute Gasteiger partial charge is 0.352 e. The first-order valence-corrected chi connectivity index (χ1v) is 7.50. The van der Waals surface area contributed by atoms with E-state index in [1.165, 1.54) is 0 Å². The highest BCUT2D eigenvalue weighted by atomic mass is 19.1. The van der Waals surface area contributed by atoms with E-state index in [1.54, 1.807) is 4.90 Å². The van der Waals surface area contributed by atoms with Crippen molar-refractivity contribution in [1.82, 2.24) is 10.2 Å². The minimum atomic E-state index is -0.905. The van der Waals surface area contributed by atoms with Crippen molar-refractivity contribution in [1.29, 1.82) is 0 Å². The molecule has 23 heavy (non-hydrogen) atoms. The van der Waals surface area contributed by atoms with Gasteiger partial charge in [-0.3, -0.25) is 9.59 Å². The van der Waals surface area contributed by atoms with E-state index < -0.39 is 17.5 Å². The summed E-state index contributed by atoms with van der Waals surface area (Å²) in [6, 6.07) is 2.78. The van der Waals surface area contributed by atoms with Gasteiger partial charge >= 0.3 is 0 Å². The number of carbonyl (C=O) groups excluding carboxylic acids is 2. The molecule has 0 spiro atoms. The molecule has 0 aromatic heterocycles. The van der Waals surface area contributed by atoms with Crippen LogP contribution < -0.4 is 5.32 Å². The molecule has 0 aliphatic heterocycles. The number of amides is 2. The first-order valence-electron chi connectivity index (χ1n) is 7.50. The third-order valence-corrected chi connectivity index (χ3v) is 3.22. The Labute approximate surface area is 135 Å². The van der Waals surface area contributed by atoms with Gasteiger partial charge in [-0.15, -0.1) is 0 Å². The molecule has 0 atom stereocenters. The number of nitrogens with one attached hydrogen (secondary N) is 1. The number of hydrogen-bond donors (Lipinski definition) is 1. The van der Waals surface area contributed by atoms with E-state index in [9.17, 15) is 18.4 Å². The predicted octanol–water partition coefficient (Wildman–Crippen LogP) is 2.90. The van der Waals surface area contributed by atoms with Gasteiger partial charge in [0.25, 0.3) is 5.91 Å². The molecule has 2 amide bonds. The summed E-state index contributed by atoms with van der Waals surface area (Å²) in [6.45, 7) is 8.88. The molecule has 0 bridgehead atoms. The quantitative estimate of drug-likeness (QED) is 0.590. The van der Waals surface area contributed by atoms with Crippen molar-refractivity contribution >= 4 is 11.8 Å². The van der Waals surface area contributed by atoms with Crippen LogP contribution in [0.2, 0.25) is 0 Å². The molecule has 1 rings (SSSR count). The van der Waals surface area contributed by atoms with Crippen LogP contribution in [0.15, 0.2) is 30.4 Å². The summed E-state index contributed by atoms with van der Waals surface area (Å²) in [5.41, 5.74) is 0.690. The molecule has 1 aromatic rings. The maximum atomic E-state index is 13.4. The minimum Gasteiger partial charge on any atom is -0.352 e. The Morgan fingerprint density at radius 2 is 2.00 bits per heavy atom. The molecule has 1 aromatic carbocycles.